The number of hydrogen-bond acceptors (Lipinski definition) is 2. The van der Waals surface area contributed by atoms with Crippen LogP contribution in [0.15, 0.2) is 26.4 Å². The van der Waals surface area contributed by atoms with E-state index in [1.54, 1.807) is 10.9 Å². The van der Waals surface area contributed by atoms with Crippen LogP contribution in [-0.2, 0) is 0 Å². The van der Waals surface area contributed by atoms with Crippen molar-refractivity contribution in [2.24, 2.45) is 4.99 Å². The highest BCUT2D eigenvalue weighted by molar-refractivity contribution is 9.10. The predicted octanol–water partition coefficient (Wildman–Crippen LogP) is 3.68. The molecule has 0 amide bonds. The van der Waals surface area contributed by atoms with Gasteiger partial charge in [0.05, 0.1) is 11.3 Å². The van der Waals surface area contributed by atoms with Gasteiger partial charge < -0.3 is 0 Å². The molecule has 21 heavy (non-hydrogen) atoms. The highest BCUT2D eigenvalue weighted by Gasteiger charge is 2.14. The number of halogens is 1. The summed E-state index contributed by atoms with van der Waals surface area (Å²) in [6, 6.07) is 4.07. The molecule has 0 saturated carbocycles. The average molecular weight is 350 g/mol. The van der Waals surface area contributed by atoms with Crippen molar-refractivity contribution in [2.75, 3.05) is 0 Å². The molecule has 0 saturated heterocycles. The van der Waals surface area contributed by atoms with Crippen LogP contribution in [0.25, 0.3) is 5.69 Å². The van der Waals surface area contributed by atoms with Crippen LogP contribution >= 0.6 is 15.9 Å². The van der Waals surface area contributed by atoms with Crippen LogP contribution in [0, 0.1) is 20.8 Å². The molecule has 4 nitrogen and oxygen atoms in total. The summed E-state index contributed by atoms with van der Waals surface area (Å²) in [7, 11) is 0. The molecule has 0 radical (unpaired) electrons. The first-order chi connectivity index (χ1) is 9.82. The van der Waals surface area contributed by atoms with Crippen LogP contribution in [0.2, 0.25) is 0 Å². The molecule has 0 atom stereocenters. The van der Waals surface area contributed by atoms with E-state index in [0.29, 0.717) is 5.56 Å². The van der Waals surface area contributed by atoms with E-state index in [-0.39, 0.29) is 11.6 Å². The Kier molecular flexibility index (Phi) is 4.52. The molecular weight excluding hydrogens is 330 g/mol. The van der Waals surface area contributed by atoms with E-state index in [2.05, 4.69) is 26.0 Å². The molecular formula is C16H20BrN3O. The lowest BCUT2D eigenvalue weighted by Gasteiger charge is -2.10. The number of aromatic nitrogens is 2. The summed E-state index contributed by atoms with van der Waals surface area (Å²) in [6.07, 6.45) is 1.66. The summed E-state index contributed by atoms with van der Waals surface area (Å²) in [6.45, 7) is 9.91. The van der Waals surface area contributed by atoms with Crippen LogP contribution in [-0.4, -0.2) is 22.0 Å². The molecule has 0 aliphatic heterocycles. The van der Waals surface area contributed by atoms with Gasteiger partial charge in [-0.2, -0.15) is 0 Å². The second-order valence-corrected chi connectivity index (χ2v) is 6.33. The number of nitrogens with one attached hydrogen (secondary N) is 1. The van der Waals surface area contributed by atoms with E-state index in [0.717, 1.165) is 27.0 Å². The van der Waals surface area contributed by atoms with Crippen molar-refractivity contribution in [3.05, 3.63) is 49.3 Å². The van der Waals surface area contributed by atoms with Gasteiger partial charge in [-0.15, -0.1) is 0 Å². The summed E-state index contributed by atoms with van der Waals surface area (Å²) >= 11 is 3.51. The highest BCUT2D eigenvalue weighted by atomic mass is 79.9. The molecule has 5 heteroatoms. The monoisotopic (exact) mass is 349 g/mol. The van der Waals surface area contributed by atoms with Gasteiger partial charge in [-0.25, -0.2) is 4.68 Å². The standard InChI is InChI=1S/C16H20BrN3O/c1-9(2)18-8-13-12(5)19-20(16(13)21)15-7-6-14(17)10(3)11(15)4/h6-9,19H,1-5H3. The molecule has 0 aliphatic carbocycles. The topological polar surface area (TPSA) is 50.1 Å². The molecule has 0 spiro atoms. The lowest BCUT2D eigenvalue weighted by Crippen LogP contribution is -2.18. The molecule has 0 unspecified atom stereocenters. The number of aromatic amines is 1. The van der Waals surface area contributed by atoms with Crippen LogP contribution in [0.1, 0.15) is 36.2 Å². The summed E-state index contributed by atoms with van der Waals surface area (Å²) in [5, 5.41) is 3.14. The first kappa shape index (κ1) is 15.8. The fourth-order valence-corrected chi connectivity index (χ4v) is 2.55. The Labute approximate surface area is 133 Å². The van der Waals surface area contributed by atoms with Crippen molar-refractivity contribution < 1.29 is 0 Å². The van der Waals surface area contributed by atoms with Gasteiger partial charge in [-0.1, -0.05) is 15.9 Å². The highest BCUT2D eigenvalue weighted by Crippen LogP contribution is 2.24. The van der Waals surface area contributed by atoms with Gasteiger partial charge in [0, 0.05) is 22.4 Å². The van der Waals surface area contributed by atoms with Crippen LogP contribution in [0.3, 0.4) is 0 Å². The summed E-state index contributed by atoms with van der Waals surface area (Å²) in [4.78, 5) is 16.9. The Morgan fingerprint density at radius 3 is 2.52 bits per heavy atom. The number of H-pyrrole nitrogens is 1. The normalized spacial score (nSPS) is 11.8. The number of benzene rings is 1. The van der Waals surface area contributed by atoms with Crippen molar-refractivity contribution >= 4 is 22.1 Å². The molecule has 0 aliphatic rings. The fraction of sp³-hybridized carbons (Fsp3) is 0.375. The van der Waals surface area contributed by atoms with E-state index in [1.165, 1.54) is 0 Å². The molecule has 0 fully saturated rings. The molecule has 1 heterocycles. The average Bonchev–Trinajstić information content (AvgIpc) is 2.69. The second-order valence-electron chi connectivity index (χ2n) is 5.48. The fourth-order valence-electron chi connectivity index (χ4n) is 2.12. The van der Waals surface area contributed by atoms with E-state index in [4.69, 9.17) is 0 Å². The third-order valence-corrected chi connectivity index (χ3v) is 4.41. The molecule has 0 bridgehead atoms. The predicted molar refractivity (Wildman–Crippen MR) is 91.0 cm³/mol. The summed E-state index contributed by atoms with van der Waals surface area (Å²) < 4.78 is 2.63. The first-order valence-electron chi connectivity index (χ1n) is 6.93. The van der Waals surface area contributed by atoms with Crippen LogP contribution in [0.4, 0.5) is 0 Å². The molecule has 2 aromatic rings. The largest absolute Gasteiger partial charge is 0.295 e. The SMILES string of the molecule is Cc1[nH]n(-c2ccc(Br)c(C)c2C)c(=O)c1C=NC(C)C. The maximum atomic E-state index is 12.6. The lowest BCUT2D eigenvalue weighted by molar-refractivity contribution is 0.826. The lowest BCUT2D eigenvalue weighted by atomic mass is 10.1. The van der Waals surface area contributed by atoms with Crippen molar-refractivity contribution in [2.45, 2.75) is 40.7 Å². The van der Waals surface area contributed by atoms with Gasteiger partial charge in [-0.3, -0.25) is 14.9 Å². The zero-order valence-corrected chi connectivity index (χ0v) is 14.6. The van der Waals surface area contributed by atoms with Gasteiger partial charge >= 0.3 is 0 Å². The van der Waals surface area contributed by atoms with Gasteiger partial charge in [0.2, 0.25) is 0 Å². The van der Waals surface area contributed by atoms with E-state index >= 15 is 0 Å². The third kappa shape index (κ3) is 3.02. The second kappa shape index (κ2) is 6.02. The number of rotatable bonds is 3. The minimum absolute atomic E-state index is 0.0678. The smallest absolute Gasteiger partial charge is 0.280 e. The van der Waals surface area contributed by atoms with Crippen LogP contribution in [0.5, 0.6) is 0 Å². The van der Waals surface area contributed by atoms with Gasteiger partial charge in [-0.05, 0) is 57.9 Å². The van der Waals surface area contributed by atoms with Crippen molar-refractivity contribution in [1.82, 2.24) is 9.78 Å². The van der Waals surface area contributed by atoms with E-state index in [9.17, 15) is 4.79 Å². The molecule has 1 aromatic heterocycles. The van der Waals surface area contributed by atoms with Crippen LogP contribution < -0.4 is 5.56 Å². The minimum Gasteiger partial charge on any atom is -0.295 e. The Morgan fingerprint density at radius 2 is 1.90 bits per heavy atom. The minimum atomic E-state index is -0.0678. The molecule has 112 valence electrons. The maximum Gasteiger partial charge on any atom is 0.280 e. The number of hydrogen-bond donors (Lipinski definition) is 1. The number of nitrogens with zero attached hydrogens (tertiary/aromatic N) is 2. The van der Waals surface area contributed by atoms with Crippen molar-refractivity contribution in [1.29, 1.82) is 0 Å². The number of aliphatic imine (C=N–C) groups is 1. The first-order valence-corrected chi connectivity index (χ1v) is 7.73. The Hall–Kier alpha value is -1.62. The summed E-state index contributed by atoms with van der Waals surface area (Å²) in [5.41, 5.74) is 4.44. The Balaban J connectivity index is 2.60. The third-order valence-electron chi connectivity index (χ3n) is 3.55. The van der Waals surface area contributed by atoms with E-state index in [1.807, 2.05) is 46.8 Å². The maximum absolute atomic E-state index is 12.6. The zero-order valence-electron chi connectivity index (χ0n) is 13.0. The molecule has 1 N–H and O–H groups in total. The Bertz CT molecular complexity index is 754. The van der Waals surface area contributed by atoms with Crippen molar-refractivity contribution in [3.8, 4) is 5.69 Å². The van der Waals surface area contributed by atoms with Crippen molar-refractivity contribution in [3.63, 3.8) is 0 Å². The zero-order chi connectivity index (χ0) is 15.7. The van der Waals surface area contributed by atoms with Gasteiger partial charge in [0.15, 0.2) is 0 Å². The molecule has 1 aromatic carbocycles. The quantitative estimate of drug-likeness (QED) is 0.844. The summed E-state index contributed by atoms with van der Waals surface area (Å²) in [5.74, 6) is 0. The van der Waals surface area contributed by atoms with Gasteiger partial charge in [0.1, 0.15) is 0 Å². The van der Waals surface area contributed by atoms with Gasteiger partial charge in [0.25, 0.3) is 5.56 Å². The Morgan fingerprint density at radius 1 is 1.24 bits per heavy atom. The molecule has 2 rings (SSSR count). The number of aryl methyl sites for hydroxylation is 1. The van der Waals surface area contributed by atoms with E-state index < -0.39 is 0 Å².